The lowest BCUT2D eigenvalue weighted by Crippen LogP contribution is -2.40. The van der Waals surface area contributed by atoms with Gasteiger partial charge in [0.15, 0.2) is 0 Å². The van der Waals surface area contributed by atoms with Crippen LogP contribution in [0.5, 0.6) is 0 Å². The molecular formula is C17H27ClN2O2S. The van der Waals surface area contributed by atoms with Gasteiger partial charge in [-0.2, -0.15) is 0 Å². The summed E-state index contributed by atoms with van der Waals surface area (Å²) in [5, 5.41) is 0.495. The van der Waals surface area contributed by atoms with Crippen LogP contribution < -0.4 is 4.72 Å². The van der Waals surface area contributed by atoms with E-state index in [1.54, 1.807) is 24.3 Å². The van der Waals surface area contributed by atoms with E-state index in [1.165, 1.54) is 6.42 Å². The predicted octanol–water partition coefficient (Wildman–Crippen LogP) is 3.13. The Kier molecular flexibility index (Phi) is 6.89. The molecule has 0 radical (unpaired) electrons. The number of hydrogen-bond donors (Lipinski definition) is 1. The standard InChI is InChI=1S/C17H27ClN2O2S/c1-14-10-15(2)12-20(11-14)9-5-8-19-23(21,22)13-16-6-3-4-7-17(16)18/h3-4,6-7,14-15,19H,5,8-13H2,1-2H3/t14-,15-/m0/s1. The third-order valence-electron chi connectivity index (χ3n) is 4.22. The number of hydrogen-bond acceptors (Lipinski definition) is 3. The molecule has 1 N–H and O–H groups in total. The minimum Gasteiger partial charge on any atom is -0.303 e. The Bertz CT molecular complexity index is 596. The van der Waals surface area contributed by atoms with Crippen LogP contribution in [-0.2, 0) is 15.8 Å². The number of piperidine rings is 1. The van der Waals surface area contributed by atoms with Crippen LogP contribution in [0.15, 0.2) is 24.3 Å². The molecule has 0 amide bonds. The van der Waals surface area contributed by atoms with Crippen LogP contribution in [-0.4, -0.2) is 39.5 Å². The maximum Gasteiger partial charge on any atom is 0.215 e. The molecule has 2 atom stereocenters. The monoisotopic (exact) mass is 358 g/mol. The van der Waals surface area contributed by atoms with Crippen molar-refractivity contribution in [2.24, 2.45) is 11.8 Å². The minimum absolute atomic E-state index is 0.0650. The molecule has 0 aliphatic carbocycles. The van der Waals surface area contributed by atoms with E-state index in [2.05, 4.69) is 23.5 Å². The molecule has 0 spiro atoms. The zero-order chi connectivity index (χ0) is 16.9. The fraction of sp³-hybridized carbons (Fsp3) is 0.647. The SMILES string of the molecule is C[C@H]1C[C@H](C)CN(CCCNS(=O)(=O)Cc2ccccc2Cl)C1. The van der Waals surface area contributed by atoms with E-state index in [0.717, 1.165) is 37.9 Å². The summed E-state index contributed by atoms with van der Waals surface area (Å²) in [6, 6.07) is 7.06. The van der Waals surface area contributed by atoms with Gasteiger partial charge in [0, 0.05) is 24.7 Å². The number of halogens is 1. The second-order valence-electron chi connectivity index (χ2n) is 6.80. The summed E-state index contributed by atoms with van der Waals surface area (Å²) in [5.41, 5.74) is 0.639. The highest BCUT2D eigenvalue weighted by Crippen LogP contribution is 2.21. The summed E-state index contributed by atoms with van der Waals surface area (Å²) in [6.45, 7) is 8.24. The van der Waals surface area contributed by atoms with Gasteiger partial charge in [0.2, 0.25) is 10.0 Å². The summed E-state index contributed by atoms with van der Waals surface area (Å²) in [5.74, 6) is 1.40. The van der Waals surface area contributed by atoms with Gasteiger partial charge in [-0.3, -0.25) is 0 Å². The average Bonchev–Trinajstić information content (AvgIpc) is 2.45. The van der Waals surface area contributed by atoms with E-state index < -0.39 is 10.0 Å². The van der Waals surface area contributed by atoms with Gasteiger partial charge in [-0.1, -0.05) is 43.6 Å². The zero-order valence-electron chi connectivity index (χ0n) is 14.0. The van der Waals surface area contributed by atoms with Gasteiger partial charge in [0.1, 0.15) is 0 Å². The maximum absolute atomic E-state index is 12.1. The van der Waals surface area contributed by atoms with Crippen LogP contribution >= 0.6 is 11.6 Å². The quantitative estimate of drug-likeness (QED) is 0.762. The molecule has 1 fully saturated rings. The number of rotatable bonds is 7. The van der Waals surface area contributed by atoms with Crippen LogP contribution in [0, 0.1) is 11.8 Å². The normalized spacial score (nSPS) is 23.1. The lowest BCUT2D eigenvalue weighted by atomic mass is 9.92. The first-order chi connectivity index (χ1) is 10.9. The van der Waals surface area contributed by atoms with Gasteiger partial charge in [0.05, 0.1) is 5.75 Å². The molecule has 0 bridgehead atoms. The summed E-state index contributed by atoms with van der Waals surface area (Å²) >= 11 is 6.02. The first kappa shape index (κ1) is 18.7. The maximum atomic E-state index is 12.1. The average molecular weight is 359 g/mol. The molecule has 1 aliphatic rings. The largest absolute Gasteiger partial charge is 0.303 e. The summed E-state index contributed by atoms with van der Waals surface area (Å²) in [4.78, 5) is 2.45. The molecule has 23 heavy (non-hydrogen) atoms. The topological polar surface area (TPSA) is 49.4 Å². The molecule has 0 unspecified atom stereocenters. The Morgan fingerprint density at radius 3 is 2.52 bits per heavy atom. The van der Waals surface area contributed by atoms with Gasteiger partial charge in [0.25, 0.3) is 0 Å². The van der Waals surface area contributed by atoms with Crippen LogP contribution in [0.1, 0.15) is 32.3 Å². The minimum atomic E-state index is -3.33. The summed E-state index contributed by atoms with van der Waals surface area (Å²) in [7, 11) is -3.33. The van der Waals surface area contributed by atoms with Crippen molar-refractivity contribution in [3.05, 3.63) is 34.9 Å². The highest BCUT2D eigenvalue weighted by molar-refractivity contribution is 7.88. The molecule has 0 aromatic heterocycles. The van der Waals surface area contributed by atoms with Crippen molar-refractivity contribution in [3.8, 4) is 0 Å². The fourth-order valence-corrected chi connectivity index (χ4v) is 4.88. The van der Waals surface area contributed by atoms with E-state index in [0.29, 0.717) is 17.1 Å². The van der Waals surface area contributed by atoms with Crippen LogP contribution in [0.3, 0.4) is 0 Å². The van der Waals surface area contributed by atoms with Gasteiger partial charge in [-0.15, -0.1) is 0 Å². The first-order valence-corrected chi connectivity index (χ1v) is 10.3. The highest BCUT2D eigenvalue weighted by Gasteiger charge is 2.21. The van der Waals surface area contributed by atoms with Crippen molar-refractivity contribution in [2.75, 3.05) is 26.2 Å². The fourth-order valence-electron chi connectivity index (χ4n) is 3.38. The van der Waals surface area contributed by atoms with E-state index in [4.69, 9.17) is 11.6 Å². The van der Waals surface area contributed by atoms with Crippen molar-refractivity contribution in [1.82, 2.24) is 9.62 Å². The molecular weight excluding hydrogens is 332 g/mol. The van der Waals surface area contributed by atoms with Crippen molar-refractivity contribution >= 4 is 21.6 Å². The third kappa shape index (κ3) is 6.42. The number of likely N-dealkylation sites (tertiary alicyclic amines) is 1. The molecule has 1 aromatic rings. The molecule has 130 valence electrons. The Morgan fingerprint density at radius 2 is 1.87 bits per heavy atom. The van der Waals surface area contributed by atoms with Crippen LogP contribution in [0.2, 0.25) is 5.02 Å². The summed E-state index contributed by atoms with van der Waals surface area (Å²) in [6.07, 6.45) is 2.13. The smallest absolute Gasteiger partial charge is 0.215 e. The Morgan fingerprint density at radius 1 is 1.22 bits per heavy atom. The number of benzene rings is 1. The van der Waals surface area contributed by atoms with Crippen LogP contribution in [0.25, 0.3) is 0 Å². The second-order valence-corrected chi connectivity index (χ2v) is 9.02. The first-order valence-electron chi connectivity index (χ1n) is 8.29. The van der Waals surface area contributed by atoms with Gasteiger partial charge >= 0.3 is 0 Å². The molecule has 4 nitrogen and oxygen atoms in total. The van der Waals surface area contributed by atoms with Gasteiger partial charge in [-0.05, 0) is 42.9 Å². The second kappa shape index (κ2) is 8.47. The lowest BCUT2D eigenvalue weighted by molar-refractivity contribution is 0.140. The molecule has 1 aromatic carbocycles. The molecule has 6 heteroatoms. The Hall–Kier alpha value is -0.620. The Balaban J connectivity index is 1.74. The van der Waals surface area contributed by atoms with E-state index >= 15 is 0 Å². The third-order valence-corrected chi connectivity index (χ3v) is 5.92. The molecule has 1 saturated heterocycles. The van der Waals surface area contributed by atoms with Crippen molar-refractivity contribution in [3.63, 3.8) is 0 Å². The number of nitrogens with one attached hydrogen (secondary N) is 1. The molecule has 1 aliphatic heterocycles. The van der Waals surface area contributed by atoms with Gasteiger partial charge in [-0.25, -0.2) is 13.1 Å². The number of sulfonamides is 1. The predicted molar refractivity (Wildman–Crippen MR) is 96.1 cm³/mol. The van der Waals surface area contributed by atoms with Crippen molar-refractivity contribution in [2.45, 2.75) is 32.4 Å². The zero-order valence-corrected chi connectivity index (χ0v) is 15.5. The van der Waals surface area contributed by atoms with E-state index in [-0.39, 0.29) is 5.75 Å². The lowest BCUT2D eigenvalue weighted by Gasteiger charge is -2.34. The van der Waals surface area contributed by atoms with E-state index in [9.17, 15) is 8.42 Å². The van der Waals surface area contributed by atoms with Crippen molar-refractivity contribution in [1.29, 1.82) is 0 Å². The molecule has 0 saturated carbocycles. The molecule has 1 heterocycles. The Labute approximate surface area is 145 Å². The van der Waals surface area contributed by atoms with E-state index in [1.807, 2.05) is 0 Å². The highest BCUT2D eigenvalue weighted by atomic mass is 35.5. The molecule has 2 rings (SSSR count). The summed E-state index contributed by atoms with van der Waals surface area (Å²) < 4.78 is 26.9. The van der Waals surface area contributed by atoms with Crippen LogP contribution in [0.4, 0.5) is 0 Å². The van der Waals surface area contributed by atoms with Gasteiger partial charge < -0.3 is 4.90 Å². The van der Waals surface area contributed by atoms with Crippen molar-refractivity contribution < 1.29 is 8.42 Å². The number of nitrogens with zero attached hydrogens (tertiary/aromatic N) is 1.